The number of halogens is 7. The third kappa shape index (κ3) is 9.35. The average molecular weight is 616 g/mol. The molecule has 0 spiro atoms. The normalized spacial score (nSPS) is 17.0. The third-order valence-electron chi connectivity index (χ3n) is 6.72. The van der Waals surface area contributed by atoms with Crippen LogP contribution < -0.4 is 4.72 Å². The monoisotopic (exact) mass is 615 g/mol. The van der Waals surface area contributed by atoms with E-state index in [1.54, 1.807) is 0 Å². The van der Waals surface area contributed by atoms with Gasteiger partial charge in [0.1, 0.15) is 0 Å². The predicted octanol–water partition coefficient (Wildman–Crippen LogP) is 5.07. The molecule has 1 fully saturated rings. The van der Waals surface area contributed by atoms with Gasteiger partial charge < -0.3 is 4.90 Å². The number of carbonyl (C=O) groups excluding carboxylic acids is 1. The second-order valence-electron chi connectivity index (χ2n) is 9.89. The van der Waals surface area contributed by atoms with Gasteiger partial charge in [0.2, 0.25) is 10.0 Å². The van der Waals surface area contributed by atoms with E-state index >= 15 is 0 Å². The highest BCUT2D eigenvalue weighted by Crippen LogP contribution is 2.37. The molecular weight excluding hydrogens is 584 g/mol. The highest BCUT2D eigenvalue weighted by atomic mass is 35.5. The number of benzene rings is 2. The van der Waals surface area contributed by atoms with E-state index in [0.717, 1.165) is 22.9 Å². The van der Waals surface area contributed by atoms with Crippen molar-refractivity contribution in [1.82, 2.24) is 14.5 Å². The zero-order chi connectivity index (χ0) is 29.2. The van der Waals surface area contributed by atoms with Crippen molar-refractivity contribution in [3.63, 3.8) is 0 Å². The summed E-state index contributed by atoms with van der Waals surface area (Å²) < 4.78 is 105. The number of rotatable bonds is 8. The highest BCUT2D eigenvalue weighted by molar-refractivity contribution is 7.88. The number of sulfonamides is 1. The van der Waals surface area contributed by atoms with Gasteiger partial charge >= 0.3 is 12.4 Å². The molecule has 0 bridgehead atoms. The van der Waals surface area contributed by atoms with Crippen molar-refractivity contribution in [2.24, 2.45) is 0 Å². The Kier molecular flexibility index (Phi) is 11.1. The second kappa shape index (κ2) is 13.1. The van der Waals surface area contributed by atoms with Gasteiger partial charge in [-0.15, -0.1) is 12.4 Å². The van der Waals surface area contributed by atoms with Crippen LogP contribution in [-0.4, -0.2) is 69.1 Å². The zero-order valence-electron chi connectivity index (χ0n) is 22.2. The lowest BCUT2D eigenvalue weighted by Crippen LogP contribution is -2.56. The average Bonchev–Trinajstić information content (AvgIpc) is 2.82. The predicted molar refractivity (Wildman–Crippen MR) is 142 cm³/mol. The minimum atomic E-state index is -5.06. The number of hydrogen-bond donors (Lipinski definition) is 1. The maximum atomic E-state index is 13.5. The third-order valence-corrected chi connectivity index (χ3v) is 7.45. The Morgan fingerprint density at radius 1 is 0.950 bits per heavy atom. The van der Waals surface area contributed by atoms with Crippen molar-refractivity contribution in [3.8, 4) is 0 Å². The fraction of sp³-hybridized carbons (Fsp3) is 0.500. The van der Waals surface area contributed by atoms with Crippen LogP contribution in [0.4, 0.5) is 26.3 Å². The molecular formula is C26H32ClF6N3O3S. The van der Waals surface area contributed by atoms with E-state index in [1.165, 1.54) is 4.90 Å². The number of carbonyl (C=O) groups is 1. The van der Waals surface area contributed by atoms with Crippen molar-refractivity contribution in [2.75, 3.05) is 39.0 Å². The topological polar surface area (TPSA) is 69.7 Å². The molecule has 1 heterocycles. The number of nitrogens with zero attached hydrogens (tertiary/aromatic N) is 2. The first kappa shape index (κ1) is 33.9. The molecule has 0 aromatic heterocycles. The number of hydrogen-bond acceptors (Lipinski definition) is 4. The molecule has 14 heteroatoms. The molecule has 0 saturated carbocycles. The first-order valence-electron chi connectivity index (χ1n) is 12.3. The first-order valence-corrected chi connectivity index (χ1v) is 14.2. The lowest BCUT2D eigenvalue weighted by molar-refractivity contribution is -0.143. The maximum Gasteiger partial charge on any atom is 0.416 e. The maximum absolute atomic E-state index is 13.5. The molecule has 1 N–H and O–H groups in total. The van der Waals surface area contributed by atoms with Crippen LogP contribution in [0.3, 0.4) is 0 Å². The Morgan fingerprint density at radius 2 is 1.55 bits per heavy atom. The van der Waals surface area contributed by atoms with Gasteiger partial charge in [-0.1, -0.05) is 18.2 Å². The Balaban J connectivity index is 0.00000560. The van der Waals surface area contributed by atoms with E-state index in [4.69, 9.17) is 0 Å². The van der Waals surface area contributed by atoms with Crippen molar-refractivity contribution in [1.29, 1.82) is 0 Å². The zero-order valence-corrected chi connectivity index (χ0v) is 23.8. The van der Waals surface area contributed by atoms with Crippen LogP contribution >= 0.6 is 12.4 Å². The van der Waals surface area contributed by atoms with Gasteiger partial charge in [-0.25, -0.2) is 13.1 Å². The lowest BCUT2D eigenvalue weighted by Gasteiger charge is -2.42. The van der Waals surface area contributed by atoms with E-state index in [-0.39, 0.29) is 31.6 Å². The summed E-state index contributed by atoms with van der Waals surface area (Å²) in [5.74, 6) is -0.904. The Hall–Kier alpha value is -2.35. The molecule has 224 valence electrons. The molecule has 2 aromatic rings. The van der Waals surface area contributed by atoms with Gasteiger partial charge in [-0.3, -0.25) is 9.69 Å². The van der Waals surface area contributed by atoms with Gasteiger partial charge in [0.05, 0.1) is 17.4 Å². The first-order chi connectivity index (χ1) is 17.9. The Labute approximate surface area is 236 Å². The number of aryl methyl sites for hydroxylation is 2. The van der Waals surface area contributed by atoms with E-state index < -0.39 is 51.0 Å². The van der Waals surface area contributed by atoms with Crippen LogP contribution in [0.5, 0.6) is 0 Å². The quantitative estimate of drug-likeness (QED) is 0.333. The summed E-state index contributed by atoms with van der Waals surface area (Å²) in [6.07, 6.45) is -8.24. The summed E-state index contributed by atoms with van der Waals surface area (Å²) in [7, 11) is -3.35. The highest BCUT2D eigenvalue weighted by Gasteiger charge is 2.39. The summed E-state index contributed by atoms with van der Waals surface area (Å²) in [6, 6.07) is 6.15. The Bertz CT molecular complexity index is 1270. The number of amides is 1. The van der Waals surface area contributed by atoms with E-state index in [2.05, 4.69) is 4.72 Å². The lowest BCUT2D eigenvalue weighted by atomic mass is 9.97. The molecule has 6 nitrogen and oxygen atoms in total. The molecule has 0 radical (unpaired) electrons. The van der Waals surface area contributed by atoms with Gasteiger partial charge in [-0.05, 0) is 68.1 Å². The van der Waals surface area contributed by atoms with E-state index in [1.807, 2.05) is 36.9 Å². The van der Waals surface area contributed by atoms with Crippen molar-refractivity contribution in [2.45, 2.75) is 45.1 Å². The minimum Gasteiger partial charge on any atom is -0.333 e. The summed E-state index contributed by atoms with van der Waals surface area (Å²) in [6.45, 7) is 5.31. The molecule has 1 amide bonds. The molecule has 3 rings (SSSR count). The van der Waals surface area contributed by atoms with Crippen LogP contribution in [0.15, 0.2) is 36.4 Å². The fourth-order valence-electron chi connectivity index (χ4n) is 4.57. The Morgan fingerprint density at radius 3 is 2.08 bits per heavy atom. The van der Waals surface area contributed by atoms with Gasteiger partial charge in [0.15, 0.2) is 0 Å². The smallest absolute Gasteiger partial charge is 0.333 e. The van der Waals surface area contributed by atoms with E-state index in [9.17, 15) is 39.6 Å². The van der Waals surface area contributed by atoms with Crippen LogP contribution in [0, 0.1) is 13.8 Å². The number of nitrogens with one attached hydrogen (secondary N) is 1. The second-order valence-corrected chi connectivity index (χ2v) is 11.7. The molecule has 40 heavy (non-hydrogen) atoms. The van der Waals surface area contributed by atoms with E-state index in [0.29, 0.717) is 44.6 Å². The molecule has 1 aliphatic rings. The van der Waals surface area contributed by atoms with Crippen molar-refractivity contribution >= 4 is 28.3 Å². The number of piperazine rings is 1. The molecule has 0 aliphatic carbocycles. The SMILES string of the molecule is Cc1ccc(CC2CN(CCCNS(C)(=O)=O)CCN2C(=O)c2cc(C(F)(F)F)cc(C(F)(F)F)c2)cc1C.Cl. The van der Waals surface area contributed by atoms with Gasteiger partial charge in [0.25, 0.3) is 5.91 Å². The van der Waals surface area contributed by atoms with Gasteiger partial charge in [-0.2, -0.15) is 26.3 Å². The number of alkyl halides is 6. The van der Waals surface area contributed by atoms with Crippen molar-refractivity contribution < 1.29 is 39.6 Å². The molecule has 1 atom stereocenters. The molecule has 1 aliphatic heterocycles. The van der Waals surface area contributed by atoms with Crippen LogP contribution in [0.25, 0.3) is 0 Å². The minimum absolute atomic E-state index is 0. The summed E-state index contributed by atoms with van der Waals surface area (Å²) in [5.41, 5.74) is -0.807. The molecule has 1 unspecified atom stereocenters. The standard InChI is InChI=1S/C26H31F6N3O3S.ClH/c1-17-5-6-19(11-18(17)2)12-23-16-34(8-4-7-33-39(3,37)38)9-10-35(23)24(36)20-13-21(25(27,28)29)15-22(14-20)26(30,31)32;/h5-6,11,13-15,23,33H,4,7-10,12,16H2,1-3H3;1H. The van der Waals surface area contributed by atoms with Crippen molar-refractivity contribution in [3.05, 3.63) is 69.8 Å². The van der Waals surface area contributed by atoms with Crippen LogP contribution in [0.2, 0.25) is 0 Å². The summed E-state index contributed by atoms with van der Waals surface area (Å²) in [4.78, 5) is 16.8. The fourth-order valence-corrected chi connectivity index (χ4v) is 5.09. The van der Waals surface area contributed by atoms with Crippen LogP contribution in [-0.2, 0) is 28.8 Å². The molecule has 1 saturated heterocycles. The van der Waals surface area contributed by atoms with Crippen LogP contribution in [0.1, 0.15) is 44.6 Å². The summed E-state index contributed by atoms with van der Waals surface area (Å²) >= 11 is 0. The molecule has 2 aromatic carbocycles. The summed E-state index contributed by atoms with van der Waals surface area (Å²) in [5, 5.41) is 0. The van der Waals surface area contributed by atoms with Gasteiger partial charge in [0, 0.05) is 37.8 Å². The largest absolute Gasteiger partial charge is 0.416 e.